The van der Waals surface area contributed by atoms with Gasteiger partial charge in [0.05, 0.1) is 20.8 Å². The van der Waals surface area contributed by atoms with Gasteiger partial charge in [0.15, 0.2) is 11.5 Å². The van der Waals surface area contributed by atoms with E-state index in [0.29, 0.717) is 6.61 Å². The first-order valence-corrected chi connectivity index (χ1v) is 8.96. The summed E-state index contributed by atoms with van der Waals surface area (Å²) in [5.41, 5.74) is 4.89. The Morgan fingerprint density at radius 1 is 1.00 bits per heavy atom. The number of aromatic nitrogens is 1. The van der Waals surface area contributed by atoms with Crippen LogP contribution >= 0.6 is 0 Å². The lowest BCUT2D eigenvalue weighted by atomic mass is 10.1. The van der Waals surface area contributed by atoms with E-state index in [-0.39, 0.29) is 0 Å². The standard InChI is InChI=1S/C22H26N2O2/c1-6-26-19-11-10-17(13-20(19)25-5)14-24(4)21-12-16(3)18-9-7-8-15(2)22(18)23-21/h7-13H,6,14H2,1-5H3/p+1. The maximum absolute atomic E-state index is 5.60. The molecule has 0 spiro atoms. The van der Waals surface area contributed by atoms with Crippen LogP contribution in [0.3, 0.4) is 0 Å². The van der Waals surface area contributed by atoms with Gasteiger partial charge < -0.3 is 9.47 Å². The van der Waals surface area contributed by atoms with Crippen LogP contribution in [0.2, 0.25) is 0 Å². The average molecular weight is 351 g/mol. The van der Waals surface area contributed by atoms with Gasteiger partial charge in [-0.3, -0.25) is 4.90 Å². The van der Waals surface area contributed by atoms with Crippen LogP contribution in [0.4, 0.5) is 5.82 Å². The van der Waals surface area contributed by atoms with E-state index in [4.69, 9.17) is 9.47 Å². The van der Waals surface area contributed by atoms with Crippen LogP contribution in [-0.2, 0) is 6.54 Å². The smallest absolute Gasteiger partial charge is 0.275 e. The van der Waals surface area contributed by atoms with Crippen LogP contribution in [0, 0.1) is 13.8 Å². The van der Waals surface area contributed by atoms with Gasteiger partial charge in [0.2, 0.25) is 0 Å². The van der Waals surface area contributed by atoms with Gasteiger partial charge in [0.25, 0.3) is 5.82 Å². The van der Waals surface area contributed by atoms with Gasteiger partial charge in [-0.2, -0.15) is 0 Å². The molecule has 0 aliphatic rings. The fourth-order valence-corrected chi connectivity index (χ4v) is 3.26. The van der Waals surface area contributed by atoms with E-state index in [2.05, 4.69) is 61.1 Å². The predicted octanol–water partition coefficient (Wildman–Crippen LogP) is 4.31. The van der Waals surface area contributed by atoms with Crippen LogP contribution in [0.25, 0.3) is 10.9 Å². The molecule has 0 aliphatic carbocycles. The minimum absolute atomic E-state index is 0.625. The number of aryl methyl sites for hydroxylation is 2. The highest BCUT2D eigenvalue weighted by molar-refractivity contribution is 5.82. The van der Waals surface area contributed by atoms with E-state index in [1.165, 1.54) is 27.6 Å². The summed E-state index contributed by atoms with van der Waals surface area (Å²) in [5, 5.41) is 1.27. The SMILES string of the molecule is CCOc1ccc(CN(C)c2cc(C)c3cccc(C)c3[nH+]2)cc1OC. The molecule has 1 aromatic heterocycles. The van der Waals surface area contributed by atoms with Crippen molar-refractivity contribution in [2.75, 3.05) is 25.7 Å². The van der Waals surface area contributed by atoms with Gasteiger partial charge in [0.1, 0.15) is 12.1 Å². The van der Waals surface area contributed by atoms with Crippen molar-refractivity contribution in [3.63, 3.8) is 0 Å². The van der Waals surface area contributed by atoms with E-state index in [0.717, 1.165) is 23.9 Å². The first-order valence-electron chi connectivity index (χ1n) is 8.96. The molecule has 1 N–H and O–H groups in total. The Bertz CT molecular complexity index is 921. The number of rotatable bonds is 6. The number of hydrogen-bond acceptors (Lipinski definition) is 3. The van der Waals surface area contributed by atoms with Gasteiger partial charge in [-0.15, -0.1) is 0 Å². The Morgan fingerprint density at radius 2 is 1.81 bits per heavy atom. The second kappa shape index (κ2) is 7.65. The number of methoxy groups -OCH3 is 1. The Labute approximate surface area is 155 Å². The van der Waals surface area contributed by atoms with Gasteiger partial charge in [-0.05, 0) is 49.6 Å². The van der Waals surface area contributed by atoms with Crippen molar-refractivity contribution in [2.45, 2.75) is 27.3 Å². The third-order valence-electron chi connectivity index (χ3n) is 4.66. The zero-order chi connectivity index (χ0) is 18.7. The molecule has 3 aromatic rings. The van der Waals surface area contributed by atoms with Crippen LogP contribution in [0.1, 0.15) is 23.6 Å². The molecule has 0 radical (unpaired) electrons. The molecule has 0 atom stereocenters. The van der Waals surface area contributed by atoms with Crippen molar-refractivity contribution >= 4 is 16.7 Å². The third kappa shape index (κ3) is 3.59. The van der Waals surface area contributed by atoms with Gasteiger partial charge in [0, 0.05) is 11.5 Å². The first kappa shape index (κ1) is 18.1. The molecule has 3 rings (SSSR count). The topological polar surface area (TPSA) is 35.8 Å². The second-order valence-electron chi connectivity index (χ2n) is 6.61. The largest absolute Gasteiger partial charge is 0.493 e. The minimum Gasteiger partial charge on any atom is -0.493 e. The summed E-state index contributed by atoms with van der Waals surface area (Å²) in [6.45, 7) is 7.67. The van der Waals surface area contributed by atoms with Crippen molar-refractivity contribution < 1.29 is 14.5 Å². The van der Waals surface area contributed by atoms with Crippen molar-refractivity contribution in [1.29, 1.82) is 0 Å². The molecule has 2 aromatic carbocycles. The molecule has 4 heteroatoms. The summed E-state index contributed by atoms with van der Waals surface area (Å²) in [6.07, 6.45) is 0. The predicted molar refractivity (Wildman–Crippen MR) is 106 cm³/mol. The number of H-pyrrole nitrogens is 1. The lowest BCUT2D eigenvalue weighted by Crippen LogP contribution is -2.25. The van der Waals surface area contributed by atoms with Crippen molar-refractivity contribution in [3.05, 3.63) is 59.2 Å². The normalized spacial score (nSPS) is 10.8. The number of aromatic amines is 1. The summed E-state index contributed by atoms with van der Waals surface area (Å²) in [7, 11) is 3.77. The molecule has 0 bridgehead atoms. The molecule has 0 aliphatic heterocycles. The van der Waals surface area contributed by atoms with Crippen LogP contribution in [-0.4, -0.2) is 20.8 Å². The maximum atomic E-state index is 5.60. The van der Waals surface area contributed by atoms with Crippen molar-refractivity contribution in [1.82, 2.24) is 0 Å². The number of hydrogen-bond donors (Lipinski definition) is 0. The highest BCUT2D eigenvalue weighted by atomic mass is 16.5. The molecule has 0 saturated carbocycles. The number of nitrogens with zero attached hydrogens (tertiary/aromatic N) is 1. The van der Waals surface area contributed by atoms with Gasteiger partial charge >= 0.3 is 0 Å². The zero-order valence-electron chi connectivity index (χ0n) is 16.2. The molecule has 0 amide bonds. The molecule has 0 saturated heterocycles. The van der Waals surface area contributed by atoms with Gasteiger partial charge in [-0.1, -0.05) is 24.3 Å². The number of anilines is 1. The number of nitrogens with one attached hydrogen (secondary N) is 1. The van der Waals surface area contributed by atoms with E-state index < -0.39 is 0 Å². The number of para-hydroxylation sites is 1. The van der Waals surface area contributed by atoms with Crippen molar-refractivity contribution in [2.24, 2.45) is 0 Å². The summed E-state index contributed by atoms with van der Waals surface area (Å²) in [6, 6.07) is 14.7. The summed E-state index contributed by atoms with van der Waals surface area (Å²) < 4.78 is 11.1. The molecule has 0 unspecified atom stereocenters. The van der Waals surface area contributed by atoms with Crippen LogP contribution in [0.15, 0.2) is 42.5 Å². The Balaban J connectivity index is 1.89. The number of fused-ring (bicyclic) bond motifs is 1. The fourth-order valence-electron chi connectivity index (χ4n) is 3.26. The van der Waals surface area contributed by atoms with Crippen LogP contribution < -0.4 is 19.4 Å². The second-order valence-corrected chi connectivity index (χ2v) is 6.61. The fraction of sp³-hybridized carbons (Fsp3) is 0.318. The average Bonchev–Trinajstić information content (AvgIpc) is 2.63. The minimum atomic E-state index is 0.625. The molecular weight excluding hydrogens is 324 g/mol. The highest BCUT2D eigenvalue weighted by Crippen LogP contribution is 2.29. The van der Waals surface area contributed by atoms with E-state index in [1.807, 2.05) is 19.1 Å². The molecule has 4 nitrogen and oxygen atoms in total. The quantitative estimate of drug-likeness (QED) is 0.664. The summed E-state index contributed by atoms with van der Waals surface area (Å²) in [4.78, 5) is 5.80. The van der Waals surface area contributed by atoms with Crippen molar-refractivity contribution in [3.8, 4) is 11.5 Å². The molecule has 0 fully saturated rings. The lowest BCUT2D eigenvalue weighted by molar-refractivity contribution is -0.330. The van der Waals surface area contributed by atoms with Crippen LogP contribution in [0.5, 0.6) is 11.5 Å². The maximum Gasteiger partial charge on any atom is 0.275 e. The number of benzene rings is 2. The van der Waals surface area contributed by atoms with Gasteiger partial charge in [-0.25, -0.2) is 4.98 Å². The molecular formula is C22H27N2O2+. The monoisotopic (exact) mass is 351 g/mol. The third-order valence-corrected chi connectivity index (χ3v) is 4.66. The molecule has 26 heavy (non-hydrogen) atoms. The number of ether oxygens (including phenoxy) is 2. The number of pyridine rings is 1. The Kier molecular flexibility index (Phi) is 5.31. The van der Waals surface area contributed by atoms with E-state index >= 15 is 0 Å². The van der Waals surface area contributed by atoms with E-state index in [1.54, 1.807) is 7.11 Å². The molecule has 1 heterocycles. The summed E-state index contributed by atoms with van der Waals surface area (Å²) >= 11 is 0. The zero-order valence-corrected chi connectivity index (χ0v) is 16.2. The first-order chi connectivity index (χ1) is 12.5. The molecule has 136 valence electrons. The Morgan fingerprint density at radius 3 is 2.54 bits per heavy atom. The lowest BCUT2D eigenvalue weighted by Gasteiger charge is -2.15. The summed E-state index contributed by atoms with van der Waals surface area (Å²) in [5.74, 6) is 2.65. The van der Waals surface area contributed by atoms with E-state index in [9.17, 15) is 0 Å². The Hall–Kier alpha value is -2.75. The highest BCUT2D eigenvalue weighted by Gasteiger charge is 2.16.